The smallest absolute Gasteiger partial charge is 0.330 e. The molecular weight excluding hydrogens is 509 g/mol. The Labute approximate surface area is 218 Å². The molecule has 3 rings (SSSR count). The number of nitrogens with one attached hydrogen (secondary N) is 4. The molecule has 0 fully saturated rings. The average Bonchev–Trinajstić information content (AvgIpc) is 2.87. The Morgan fingerprint density at radius 2 is 1.83 bits per heavy atom. The zero-order valence-electron chi connectivity index (χ0n) is 19.7. The van der Waals surface area contributed by atoms with Crippen LogP contribution in [0.3, 0.4) is 0 Å². The Kier molecular flexibility index (Phi) is 9.89. The van der Waals surface area contributed by atoms with Crippen molar-refractivity contribution in [3.8, 4) is 0 Å². The lowest BCUT2D eigenvalue weighted by molar-refractivity contribution is -0.142. The molecule has 0 unspecified atom stereocenters. The number of hydrogen-bond acceptors (Lipinski definition) is 7. The molecular formula is C24H27Cl2N5O5. The van der Waals surface area contributed by atoms with E-state index in [0.29, 0.717) is 6.42 Å². The van der Waals surface area contributed by atoms with Gasteiger partial charge in [-0.15, -0.1) is 0 Å². The third kappa shape index (κ3) is 7.56. The summed E-state index contributed by atoms with van der Waals surface area (Å²) < 4.78 is 4.70. The summed E-state index contributed by atoms with van der Waals surface area (Å²) >= 11 is 12.1. The number of fused-ring (bicyclic) bond motifs is 1. The second kappa shape index (κ2) is 13.1. The van der Waals surface area contributed by atoms with Crippen LogP contribution in [0.5, 0.6) is 0 Å². The number of halogens is 2. The van der Waals surface area contributed by atoms with Crippen molar-refractivity contribution in [3.63, 3.8) is 0 Å². The largest absolute Gasteiger partial charge is 0.467 e. The Bertz CT molecular complexity index is 1120. The molecule has 0 bridgehead atoms. The molecule has 0 radical (unpaired) electrons. The van der Waals surface area contributed by atoms with Gasteiger partial charge in [0.25, 0.3) is 5.91 Å². The van der Waals surface area contributed by atoms with E-state index in [1.807, 2.05) is 12.1 Å². The van der Waals surface area contributed by atoms with E-state index < -0.39 is 23.8 Å². The molecule has 3 amide bonds. The number of esters is 1. The molecule has 0 spiro atoms. The van der Waals surface area contributed by atoms with Gasteiger partial charge in [0.05, 0.1) is 29.3 Å². The van der Waals surface area contributed by atoms with Gasteiger partial charge in [-0.05, 0) is 43.0 Å². The first-order chi connectivity index (χ1) is 17.3. The summed E-state index contributed by atoms with van der Waals surface area (Å²) in [5.74, 6) is -1.47. The number of benzene rings is 1. The highest BCUT2D eigenvalue weighted by Gasteiger charge is 2.25. The number of ether oxygens (including phenoxy) is 1. The van der Waals surface area contributed by atoms with Gasteiger partial charge in [-0.2, -0.15) is 0 Å². The van der Waals surface area contributed by atoms with Crippen LogP contribution in [0.1, 0.15) is 34.5 Å². The van der Waals surface area contributed by atoms with Gasteiger partial charge in [-0.1, -0.05) is 35.3 Å². The summed E-state index contributed by atoms with van der Waals surface area (Å²) in [6.45, 7) is 0.324. The van der Waals surface area contributed by atoms with E-state index in [1.165, 1.54) is 17.7 Å². The van der Waals surface area contributed by atoms with Crippen LogP contribution in [-0.4, -0.2) is 61.5 Å². The van der Waals surface area contributed by atoms with Crippen molar-refractivity contribution in [2.75, 3.05) is 32.1 Å². The number of hydrogen-bond donors (Lipinski definition) is 4. The van der Waals surface area contributed by atoms with Crippen LogP contribution in [-0.2, 0) is 32.0 Å². The summed E-state index contributed by atoms with van der Waals surface area (Å²) in [5, 5.41) is 10.9. The van der Waals surface area contributed by atoms with E-state index in [2.05, 4.69) is 26.3 Å². The monoisotopic (exact) mass is 535 g/mol. The molecule has 2 heterocycles. The van der Waals surface area contributed by atoms with Gasteiger partial charge in [0.2, 0.25) is 11.8 Å². The molecule has 12 heteroatoms. The second-order valence-electron chi connectivity index (χ2n) is 8.07. The number of anilines is 1. The first kappa shape index (κ1) is 27.2. The predicted octanol–water partition coefficient (Wildman–Crippen LogP) is 1.88. The fourth-order valence-electron chi connectivity index (χ4n) is 3.58. The number of rotatable bonds is 10. The van der Waals surface area contributed by atoms with Crippen molar-refractivity contribution >= 4 is 52.7 Å². The lowest BCUT2D eigenvalue weighted by Crippen LogP contribution is -2.50. The summed E-state index contributed by atoms with van der Waals surface area (Å²) in [5.41, 5.74) is 1.96. The van der Waals surface area contributed by atoms with Crippen molar-refractivity contribution in [2.45, 2.75) is 31.7 Å². The van der Waals surface area contributed by atoms with E-state index in [9.17, 15) is 19.2 Å². The first-order valence-electron chi connectivity index (χ1n) is 11.4. The van der Waals surface area contributed by atoms with Crippen molar-refractivity contribution in [1.29, 1.82) is 0 Å². The van der Waals surface area contributed by atoms with E-state index in [4.69, 9.17) is 27.9 Å². The summed E-state index contributed by atoms with van der Waals surface area (Å²) in [7, 11) is 1.15. The third-order valence-electron chi connectivity index (χ3n) is 5.49. The van der Waals surface area contributed by atoms with Gasteiger partial charge in [0, 0.05) is 25.2 Å². The molecule has 0 saturated carbocycles. The molecule has 10 nitrogen and oxygen atoms in total. The van der Waals surface area contributed by atoms with Gasteiger partial charge in [0.1, 0.15) is 11.9 Å². The van der Waals surface area contributed by atoms with Crippen LogP contribution < -0.4 is 21.3 Å². The number of methoxy groups -OCH3 is 1. The number of amides is 3. The summed E-state index contributed by atoms with van der Waals surface area (Å²) in [4.78, 5) is 53.6. The van der Waals surface area contributed by atoms with Gasteiger partial charge >= 0.3 is 5.97 Å². The molecule has 1 aromatic carbocycles. The minimum atomic E-state index is -1.20. The molecule has 1 aromatic heterocycles. The van der Waals surface area contributed by atoms with Crippen LogP contribution >= 0.6 is 23.2 Å². The van der Waals surface area contributed by atoms with Crippen LogP contribution in [0.25, 0.3) is 0 Å². The fourth-order valence-corrected chi connectivity index (χ4v) is 4.15. The van der Waals surface area contributed by atoms with Crippen molar-refractivity contribution in [2.24, 2.45) is 0 Å². The number of carbonyl (C=O) groups excluding carboxylic acids is 4. The minimum Gasteiger partial charge on any atom is -0.467 e. The number of nitrogens with zero attached hydrogens (tertiary/aromatic N) is 1. The molecule has 1 atom stereocenters. The van der Waals surface area contributed by atoms with Crippen molar-refractivity contribution in [1.82, 2.24) is 20.9 Å². The lowest BCUT2D eigenvalue weighted by Gasteiger charge is -2.18. The van der Waals surface area contributed by atoms with Crippen LogP contribution in [0, 0.1) is 0 Å². The molecule has 1 aliphatic rings. The maximum absolute atomic E-state index is 12.6. The molecule has 0 aliphatic carbocycles. The fraction of sp³-hybridized carbons (Fsp3) is 0.375. The molecule has 2 aromatic rings. The van der Waals surface area contributed by atoms with Crippen LogP contribution in [0.4, 0.5) is 5.82 Å². The van der Waals surface area contributed by atoms with Crippen LogP contribution in [0.2, 0.25) is 10.0 Å². The molecule has 192 valence electrons. The molecule has 4 N–H and O–H groups in total. The van der Waals surface area contributed by atoms with Crippen molar-refractivity contribution in [3.05, 3.63) is 57.2 Å². The molecule has 1 aliphatic heterocycles. The lowest BCUT2D eigenvalue weighted by atomic mass is 10.1. The zero-order chi connectivity index (χ0) is 26.1. The minimum absolute atomic E-state index is 0.00229. The maximum Gasteiger partial charge on any atom is 0.330 e. The van der Waals surface area contributed by atoms with Crippen LogP contribution in [0.15, 0.2) is 30.3 Å². The standard InChI is InChI=1S/C24H27Cl2N5O5/c1-36-24(35)18(31-23(34)21-16(25)5-2-6-17(21)26)12-28-20(33)13-29-19(32)10-9-15-8-7-14-4-3-11-27-22(14)30-15/h2,5-8,18H,3-4,9-13H2,1H3,(H,27,30)(H,28,33)(H,29,32)(H,31,34)/t18-/m0/s1. The highest BCUT2D eigenvalue weighted by Crippen LogP contribution is 2.24. The van der Waals surface area contributed by atoms with Crippen molar-refractivity contribution < 1.29 is 23.9 Å². The third-order valence-corrected chi connectivity index (χ3v) is 6.12. The van der Waals surface area contributed by atoms with E-state index in [-0.39, 0.29) is 41.0 Å². The molecule has 36 heavy (non-hydrogen) atoms. The Morgan fingerprint density at radius 1 is 1.08 bits per heavy atom. The topological polar surface area (TPSA) is 139 Å². The highest BCUT2D eigenvalue weighted by atomic mass is 35.5. The van der Waals surface area contributed by atoms with E-state index in [0.717, 1.165) is 38.0 Å². The van der Waals surface area contributed by atoms with E-state index >= 15 is 0 Å². The SMILES string of the molecule is COC(=O)[C@H](CNC(=O)CNC(=O)CCc1ccc2c(n1)NCCC2)NC(=O)c1c(Cl)cccc1Cl. The second-order valence-corrected chi connectivity index (χ2v) is 8.88. The van der Waals surface area contributed by atoms with Gasteiger partial charge in [-0.3, -0.25) is 14.4 Å². The van der Waals surface area contributed by atoms with Gasteiger partial charge in [0.15, 0.2) is 0 Å². The Balaban J connectivity index is 1.44. The van der Waals surface area contributed by atoms with E-state index in [1.54, 1.807) is 6.07 Å². The molecule has 0 saturated heterocycles. The number of aromatic nitrogens is 1. The maximum atomic E-state index is 12.6. The first-order valence-corrected chi connectivity index (χ1v) is 12.1. The summed E-state index contributed by atoms with van der Waals surface area (Å²) in [6, 6.07) is 7.28. The normalized spacial score (nSPS) is 13.0. The predicted molar refractivity (Wildman–Crippen MR) is 135 cm³/mol. The number of pyridine rings is 1. The number of carbonyl (C=O) groups is 4. The van der Waals surface area contributed by atoms with Gasteiger partial charge < -0.3 is 26.0 Å². The Morgan fingerprint density at radius 3 is 2.56 bits per heavy atom. The summed E-state index contributed by atoms with van der Waals surface area (Å²) in [6.07, 6.45) is 2.66. The quantitative estimate of drug-likeness (QED) is 0.340. The Hall–Kier alpha value is -3.37. The van der Waals surface area contributed by atoms with Gasteiger partial charge in [-0.25, -0.2) is 9.78 Å². The highest BCUT2D eigenvalue weighted by molar-refractivity contribution is 6.39. The average molecular weight is 536 g/mol. The zero-order valence-corrected chi connectivity index (χ0v) is 21.2. The number of aryl methyl sites for hydroxylation is 2.